The third-order valence-corrected chi connectivity index (χ3v) is 3.58. The summed E-state index contributed by atoms with van der Waals surface area (Å²) in [5, 5.41) is 13.3. The summed E-state index contributed by atoms with van der Waals surface area (Å²) in [7, 11) is 0. The van der Waals surface area contributed by atoms with E-state index in [1.165, 1.54) is 4.90 Å². The van der Waals surface area contributed by atoms with Crippen molar-refractivity contribution in [3.8, 4) is 0 Å². The van der Waals surface area contributed by atoms with E-state index in [1.807, 2.05) is 4.68 Å². The Balaban J connectivity index is 2.09. The largest absolute Gasteiger partial charge is 0.465 e. The monoisotopic (exact) mass is 335 g/mol. The molecule has 1 aromatic rings. The molecular formula is C10H14IN3O2. The highest BCUT2D eigenvalue weighted by atomic mass is 127. The molecule has 5 nitrogen and oxygen atoms in total. The number of likely N-dealkylation sites (tertiary alicyclic amines) is 1. The molecular weight excluding hydrogens is 321 g/mol. The van der Waals surface area contributed by atoms with Crippen LogP contribution >= 0.6 is 22.6 Å². The number of hydrogen-bond acceptors (Lipinski definition) is 2. The van der Waals surface area contributed by atoms with E-state index < -0.39 is 6.09 Å². The van der Waals surface area contributed by atoms with Gasteiger partial charge in [0.25, 0.3) is 0 Å². The number of nitrogens with zero attached hydrogens (tertiary/aromatic N) is 3. The fourth-order valence-electron chi connectivity index (χ4n) is 1.69. The zero-order valence-electron chi connectivity index (χ0n) is 9.22. The summed E-state index contributed by atoms with van der Waals surface area (Å²) < 4.78 is 3.02. The lowest BCUT2D eigenvalue weighted by molar-refractivity contribution is 0.0800. The molecule has 1 fully saturated rings. The van der Waals surface area contributed by atoms with Crippen molar-refractivity contribution in [2.24, 2.45) is 0 Å². The topological polar surface area (TPSA) is 58.4 Å². The predicted octanol–water partition coefficient (Wildman–Crippen LogP) is 2.15. The number of rotatable bonds is 2. The molecule has 16 heavy (non-hydrogen) atoms. The van der Waals surface area contributed by atoms with Gasteiger partial charge in [0, 0.05) is 13.1 Å². The van der Waals surface area contributed by atoms with Crippen LogP contribution in [-0.2, 0) is 0 Å². The molecule has 1 aliphatic rings. The molecule has 0 bridgehead atoms. The second kappa shape index (κ2) is 4.23. The molecule has 0 atom stereocenters. The highest BCUT2D eigenvalue weighted by Gasteiger charge is 2.33. The number of hydrogen-bond donors (Lipinski definition) is 1. The molecule has 88 valence electrons. The lowest BCUT2D eigenvalue weighted by Gasteiger charge is -2.37. The van der Waals surface area contributed by atoms with Crippen molar-refractivity contribution in [1.82, 2.24) is 14.7 Å². The van der Waals surface area contributed by atoms with Gasteiger partial charge in [0.05, 0.1) is 15.4 Å². The zero-order valence-corrected chi connectivity index (χ0v) is 11.4. The van der Waals surface area contributed by atoms with Gasteiger partial charge in [-0.05, 0) is 34.6 Å². The highest BCUT2D eigenvalue weighted by Crippen LogP contribution is 2.25. The fourth-order valence-corrected chi connectivity index (χ4v) is 2.51. The van der Waals surface area contributed by atoms with Gasteiger partial charge in [-0.15, -0.1) is 0 Å². The average Bonchev–Trinajstić information content (AvgIpc) is 2.45. The molecule has 0 aliphatic carbocycles. The molecule has 1 aliphatic heterocycles. The first-order chi connectivity index (χ1) is 7.49. The smallest absolute Gasteiger partial charge is 0.407 e. The van der Waals surface area contributed by atoms with Crippen LogP contribution in [-0.4, -0.2) is 39.0 Å². The van der Waals surface area contributed by atoms with E-state index in [0.29, 0.717) is 19.0 Å². The number of carboxylic acid groups (broad SMARTS) is 1. The van der Waals surface area contributed by atoms with Crippen molar-refractivity contribution < 1.29 is 9.90 Å². The molecule has 2 heterocycles. The van der Waals surface area contributed by atoms with Crippen LogP contribution in [0, 0.1) is 3.70 Å². The molecule has 0 spiro atoms. The minimum absolute atomic E-state index is 0.204. The molecule has 6 heteroatoms. The summed E-state index contributed by atoms with van der Waals surface area (Å²) in [5.41, 5.74) is 1.07. The first kappa shape index (κ1) is 11.7. The van der Waals surface area contributed by atoms with Crippen LogP contribution in [0.1, 0.15) is 31.5 Å². The summed E-state index contributed by atoms with van der Waals surface area (Å²) in [6.45, 7) is 5.30. The van der Waals surface area contributed by atoms with Gasteiger partial charge in [0.1, 0.15) is 0 Å². The molecule has 1 aromatic heterocycles. The second-order valence-corrected chi connectivity index (χ2v) is 5.44. The lowest BCUT2D eigenvalue weighted by atomic mass is 10.1. The van der Waals surface area contributed by atoms with Gasteiger partial charge < -0.3 is 10.0 Å². The minimum Gasteiger partial charge on any atom is -0.465 e. The van der Waals surface area contributed by atoms with Gasteiger partial charge in [-0.3, -0.25) is 4.68 Å². The Bertz CT molecular complexity index is 410. The minimum atomic E-state index is -0.845. The quantitative estimate of drug-likeness (QED) is 0.843. The summed E-state index contributed by atoms with van der Waals surface area (Å²) in [5.74, 6) is 0.408. The summed E-state index contributed by atoms with van der Waals surface area (Å²) in [6.07, 6.45) is -0.845. The van der Waals surface area contributed by atoms with E-state index in [4.69, 9.17) is 5.11 Å². The fraction of sp³-hybridized carbons (Fsp3) is 0.600. The van der Waals surface area contributed by atoms with Crippen LogP contribution in [0.4, 0.5) is 4.79 Å². The molecule has 0 aromatic carbocycles. The van der Waals surface area contributed by atoms with Gasteiger partial charge in [-0.25, -0.2) is 4.79 Å². The van der Waals surface area contributed by atoms with Crippen LogP contribution < -0.4 is 0 Å². The Labute approximate surface area is 108 Å². The van der Waals surface area contributed by atoms with E-state index in [9.17, 15) is 4.79 Å². The van der Waals surface area contributed by atoms with Crippen LogP contribution in [0.2, 0.25) is 0 Å². The number of carbonyl (C=O) groups is 1. The maximum Gasteiger partial charge on any atom is 0.407 e. The van der Waals surface area contributed by atoms with Crippen LogP contribution in [0.15, 0.2) is 6.07 Å². The highest BCUT2D eigenvalue weighted by molar-refractivity contribution is 14.1. The maximum atomic E-state index is 10.7. The van der Waals surface area contributed by atoms with Gasteiger partial charge in [0.2, 0.25) is 0 Å². The Hall–Kier alpha value is -0.790. The SMILES string of the molecule is CC(C)c1cc(I)n(C2CN(C(=O)O)C2)n1. The second-order valence-electron chi connectivity index (χ2n) is 4.33. The third kappa shape index (κ3) is 2.02. The van der Waals surface area contributed by atoms with Crippen molar-refractivity contribution >= 4 is 28.7 Å². The molecule has 1 amide bonds. The van der Waals surface area contributed by atoms with Crippen LogP contribution in [0.3, 0.4) is 0 Å². The van der Waals surface area contributed by atoms with E-state index in [-0.39, 0.29) is 6.04 Å². The average molecular weight is 335 g/mol. The molecule has 0 unspecified atom stereocenters. The van der Waals surface area contributed by atoms with Crippen molar-refractivity contribution in [2.75, 3.05) is 13.1 Å². The Morgan fingerprint density at radius 1 is 1.62 bits per heavy atom. The van der Waals surface area contributed by atoms with Crippen LogP contribution in [0.5, 0.6) is 0 Å². The molecule has 0 radical (unpaired) electrons. The van der Waals surface area contributed by atoms with E-state index in [2.05, 4.69) is 47.6 Å². The Kier molecular flexibility index (Phi) is 3.09. The zero-order chi connectivity index (χ0) is 11.9. The summed E-state index contributed by atoms with van der Waals surface area (Å²) in [4.78, 5) is 12.1. The Morgan fingerprint density at radius 2 is 2.25 bits per heavy atom. The van der Waals surface area contributed by atoms with Crippen LogP contribution in [0.25, 0.3) is 0 Å². The van der Waals surface area contributed by atoms with Crippen molar-refractivity contribution in [1.29, 1.82) is 0 Å². The first-order valence-corrected chi connectivity index (χ1v) is 6.29. The van der Waals surface area contributed by atoms with E-state index in [0.717, 1.165) is 9.39 Å². The molecule has 0 saturated carbocycles. The summed E-state index contributed by atoms with van der Waals surface area (Å²) in [6, 6.07) is 2.27. The number of halogens is 1. The van der Waals surface area contributed by atoms with Gasteiger partial charge in [0.15, 0.2) is 0 Å². The third-order valence-electron chi connectivity index (χ3n) is 2.78. The van der Waals surface area contributed by atoms with Gasteiger partial charge in [-0.2, -0.15) is 5.10 Å². The Morgan fingerprint density at radius 3 is 2.69 bits per heavy atom. The predicted molar refractivity (Wildman–Crippen MR) is 67.7 cm³/mol. The number of aromatic nitrogens is 2. The maximum absolute atomic E-state index is 10.7. The molecule has 2 rings (SSSR count). The van der Waals surface area contributed by atoms with Gasteiger partial charge in [-0.1, -0.05) is 13.8 Å². The normalized spacial score (nSPS) is 16.6. The molecule has 1 N–H and O–H groups in total. The molecule has 1 saturated heterocycles. The van der Waals surface area contributed by atoms with E-state index in [1.54, 1.807) is 0 Å². The number of amides is 1. The van der Waals surface area contributed by atoms with Crippen molar-refractivity contribution in [3.05, 3.63) is 15.5 Å². The lowest BCUT2D eigenvalue weighted by Crippen LogP contribution is -2.50. The van der Waals surface area contributed by atoms with Crippen molar-refractivity contribution in [3.63, 3.8) is 0 Å². The van der Waals surface area contributed by atoms with Crippen molar-refractivity contribution in [2.45, 2.75) is 25.8 Å². The summed E-state index contributed by atoms with van der Waals surface area (Å²) >= 11 is 2.25. The van der Waals surface area contributed by atoms with Gasteiger partial charge >= 0.3 is 6.09 Å². The standard InChI is InChI=1S/C10H14IN3O2/c1-6(2)8-3-9(11)14(12-8)7-4-13(5-7)10(15)16/h3,6-7H,4-5H2,1-2H3,(H,15,16). The van der Waals surface area contributed by atoms with E-state index >= 15 is 0 Å². The first-order valence-electron chi connectivity index (χ1n) is 5.22.